The Morgan fingerprint density at radius 1 is 0.958 bits per heavy atom. The summed E-state index contributed by atoms with van der Waals surface area (Å²) >= 11 is 0. The summed E-state index contributed by atoms with van der Waals surface area (Å²) in [5.74, 6) is -0.599. The van der Waals surface area contributed by atoms with Gasteiger partial charge in [0.1, 0.15) is 0 Å². The van der Waals surface area contributed by atoms with Gasteiger partial charge in [-0.1, -0.05) is 41.6 Å². The van der Waals surface area contributed by atoms with E-state index in [9.17, 15) is 4.79 Å². The SMILES string of the molecule is NC(=O)c1cn(-c2ccc(-c3ccc4ccccc4n3)cc2)nn1. The van der Waals surface area contributed by atoms with Gasteiger partial charge >= 0.3 is 0 Å². The Morgan fingerprint density at radius 2 is 1.75 bits per heavy atom. The van der Waals surface area contributed by atoms with Crippen molar-refractivity contribution < 1.29 is 4.79 Å². The number of nitrogens with zero attached hydrogens (tertiary/aromatic N) is 4. The molecule has 2 aromatic heterocycles. The molecule has 2 heterocycles. The number of benzene rings is 2. The third-order valence-electron chi connectivity index (χ3n) is 3.77. The summed E-state index contributed by atoms with van der Waals surface area (Å²) in [5.41, 5.74) is 8.97. The molecular formula is C18H13N5O. The highest BCUT2D eigenvalue weighted by atomic mass is 16.1. The Balaban J connectivity index is 1.68. The number of carbonyl (C=O) groups excluding carboxylic acids is 1. The van der Waals surface area contributed by atoms with Crippen LogP contribution in [0.4, 0.5) is 0 Å². The lowest BCUT2D eigenvalue weighted by Gasteiger charge is -2.05. The number of fused-ring (bicyclic) bond motifs is 1. The molecule has 24 heavy (non-hydrogen) atoms. The number of carbonyl (C=O) groups is 1. The number of amides is 1. The number of primary amides is 1. The van der Waals surface area contributed by atoms with Gasteiger partial charge in [0.25, 0.3) is 5.91 Å². The van der Waals surface area contributed by atoms with Crippen LogP contribution in [0.25, 0.3) is 27.8 Å². The Hall–Kier alpha value is -3.54. The molecule has 6 heteroatoms. The van der Waals surface area contributed by atoms with Crippen LogP contribution in [-0.2, 0) is 0 Å². The van der Waals surface area contributed by atoms with Gasteiger partial charge in [-0.05, 0) is 24.3 Å². The van der Waals surface area contributed by atoms with E-state index in [1.54, 1.807) is 0 Å². The van der Waals surface area contributed by atoms with E-state index >= 15 is 0 Å². The second-order valence-electron chi connectivity index (χ2n) is 5.35. The molecule has 1 amide bonds. The Kier molecular flexibility index (Phi) is 3.28. The molecule has 4 rings (SSSR count). The molecule has 0 aliphatic carbocycles. The summed E-state index contributed by atoms with van der Waals surface area (Å²) < 4.78 is 1.51. The zero-order chi connectivity index (χ0) is 16.5. The van der Waals surface area contributed by atoms with Crippen LogP contribution in [0, 0.1) is 0 Å². The molecule has 6 nitrogen and oxygen atoms in total. The minimum atomic E-state index is -0.599. The summed E-state index contributed by atoms with van der Waals surface area (Å²) in [7, 11) is 0. The highest BCUT2D eigenvalue weighted by Gasteiger charge is 2.08. The lowest BCUT2D eigenvalue weighted by atomic mass is 10.1. The third kappa shape index (κ3) is 2.50. The minimum absolute atomic E-state index is 0.135. The lowest BCUT2D eigenvalue weighted by Crippen LogP contribution is -2.11. The molecule has 2 N–H and O–H groups in total. The fraction of sp³-hybridized carbons (Fsp3) is 0. The molecule has 116 valence electrons. The first-order valence-electron chi connectivity index (χ1n) is 7.39. The fourth-order valence-corrected chi connectivity index (χ4v) is 2.51. The largest absolute Gasteiger partial charge is 0.364 e. The number of pyridine rings is 1. The lowest BCUT2D eigenvalue weighted by molar-refractivity contribution is 0.0995. The second kappa shape index (κ2) is 5.58. The van der Waals surface area contributed by atoms with Gasteiger partial charge in [-0.15, -0.1) is 5.10 Å². The highest BCUT2D eigenvalue weighted by molar-refractivity contribution is 5.90. The van der Waals surface area contributed by atoms with Crippen LogP contribution in [0.5, 0.6) is 0 Å². The third-order valence-corrected chi connectivity index (χ3v) is 3.77. The van der Waals surface area contributed by atoms with Crippen LogP contribution in [-0.4, -0.2) is 25.9 Å². The van der Waals surface area contributed by atoms with Crippen LogP contribution < -0.4 is 5.73 Å². The standard InChI is InChI=1S/C18H13N5O/c19-18(24)17-11-23(22-21-17)14-8-5-13(6-9-14)16-10-7-12-3-1-2-4-15(12)20-16/h1-11H,(H2,19,24). The number of hydrogen-bond donors (Lipinski definition) is 1. The number of hydrogen-bond acceptors (Lipinski definition) is 4. The summed E-state index contributed by atoms with van der Waals surface area (Å²) in [5, 5.41) is 8.74. The maximum Gasteiger partial charge on any atom is 0.270 e. The van der Waals surface area contributed by atoms with Crippen molar-refractivity contribution in [3.05, 3.63) is 72.6 Å². The molecule has 0 saturated heterocycles. The molecular weight excluding hydrogens is 302 g/mol. The number of nitrogens with two attached hydrogens (primary N) is 1. The quantitative estimate of drug-likeness (QED) is 0.629. The molecule has 0 unspecified atom stereocenters. The van der Waals surface area contributed by atoms with E-state index in [1.165, 1.54) is 10.9 Å². The first-order chi connectivity index (χ1) is 11.7. The van der Waals surface area contributed by atoms with Gasteiger partial charge in [-0.3, -0.25) is 4.79 Å². The Bertz CT molecular complexity index is 1040. The number of aromatic nitrogens is 4. The molecule has 0 fully saturated rings. The van der Waals surface area contributed by atoms with Gasteiger partial charge in [0.05, 0.1) is 23.1 Å². The summed E-state index contributed by atoms with van der Waals surface area (Å²) in [6, 6.07) is 19.8. The smallest absolute Gasteiger partial charge is 0.270 e. The first-order valence-corrected chi connectivity index (χ1v) is 7.39. The van der Waals surface area contributed by atoms with Gasteiger partial charge in [0.15, 0.2) is 5.69 Å². The molecule has 0 radical (unpaired) electrons. The van der Waals surface area contributed by atoms with Crippen LogP contribution in [0.1, 0.15) is 10.5 Å². The van der Waals surface area contributed by atoms with Crippen molar-refractivity contribution in [2.45, 2.75) is 0 Å². The molecule has 0 aliphatic rings. The van der Waals surface area contributed by atoms with Crippen LogP contribution in [0.15, 0.2) is 66.9 Å². The van der Waals surface area contributed by atoms with E-state index in [0.717, 1.165) is 27.8 Å². The Morgan fingerprint density at radius 3 is 2.50 bits per heavy atom. The molecule has 0 saturated carbocycles. The minimum Gasteiger partial charge on any atom is -0.364 e. The van der Waals surface area contributed by atoms with Crippen molar-refractivity contribution in [1.82, 2.24) is 20.0 Å². The van der Waals surface area contributed by atoms with E-state index in [4.69, 9.17) is 5.73 Å². The molecule has 0 spiro atoms. The van der Waals surface area contributed by atoms with Crippen molar-refractivity contribution in [2.75, 3.05) is 0 Å². The molecule has 0 atom stereocenters. The summed E-state index contributed by atoms with van der Waals surface area (Å²) in [6.45, 7) is 0. The second-order valence-corrected chi connectivity index (χ2v) is 5.35. The summed E-state index contributed by atoms with van der Waals surface area (Å²) in [6.07, 6.45) is 1.51. The topological polar surface area (TPSA) is 86.7 Å². The van der Waals surface area contributed by atoms with Crippen molar-refractivity contribution >= 4 is 16.8 Å². The predicted molar refractivity (Wildman–Crippen MR) is 90.6 cm³/mol. The predicted octanol–water partition coefficient (Wildman–Crippen LogP) is 2.58. The average molecular weight is 315 g/mol. The van der Waals surface area contributed by atoms with Crippen LogP contribution in [0.2, 0.25) is 0 Å². The van der Waals surface area contributed by atoms with E-state index in [0.29, 0.717) is 0 Å². The maximum absolute atomic E-state index is 11.1. The zero-order valence-corrected chi connectivity index (χ0v) is 12.6. The van der Waals surface area contributed by atoms with Crippen molar-refractivity contribution in [3.8, 4) is 16.9 Å². The summed E-state index contributed by atoms with van der Waals surface area (Å²) in [4.78, 5) is 15.8. The number of rotatable bonds is 3. The first kappa shape index (κ1) is 14.1. The van der Waals surface area contributed by atoms with Gasteiger partial charge in [0.2, 0.25) is 0 Å². The van der Waals surface area contributed by atoms with E-state index in [1.807, 2.05) is 54.6 Å². The zero-order valence-electron chi connectivity index (χ0n) is 12.6. The van der Waals surface area contributed by atoms with Crippen LogP contribution >= 0.6 is 0 Å². The monoisotopic (exact) mass is 315 g/mol. The maximum atomic E-state index is 11.1. The molecule has 0 aliphatic heterocycles. The van der Waals surface area contributed by atoms with Crippen LogP contribution in [0.3, 0.4) is 0 Å². The fourth-order valence-electron chi connectivity index (χ4n) is 2.51. The number of para-hydroxylation sites is 1. The normalized spacial score (nSPS) is 10.8. The van der Waals surface area contributed by atoms with Gasteiger partial charge in [0, 0.05) is 10.9 Å². The van der Waals surface area contributed by atoms with E-state index in [-0.39, 0.29) is 5.69 Å². The average Bonchev–Trinajstić information content (AvgIpc) is 3.12. The highest BCUT2D eigenvalue weighted by Crippen LogP contribution is 2.22. The van der Waals surface area contributed by atoms with Gasteiger partial charge in [-0.2, -0.15) is 0 Å². The van der Waals surface area contributed by atoms with E-state index in [2.05, 4.69) is 21.4 Å². The molecule has 2 aromatic carbocycles. The van der Waals surface area contributed by atoms with Gasteiger partial charge < -0.3 is 5.73 Å². The van der Waals surface area contributed by atoms with E-state index < -0.39 is 5.91 Å². The molecule has 4 aromatic rings. The Labute approximate surface area is 137 Å². The van der Waals surface area contributed by atoms with Crippen molar-refractivity contribution in [3.63, 3.8) is 0 Å². The molecule has 0 bridgehead atoms. The van der Waals surface area contributed by atoms with Crippen molar-refractivity contribution in [1.29, 1.82) is 0 Å². The van der Waals surface area contributed by atoms with Crippen molar-refractivity contribution in [2.24, 2.45) is 5.73 Å². The van der Waals surface area contributed by atoms with Gasteiger partial charge in [-0.25, -0.2) is 9.67 Å².